The van der Waals surface area contributed by atoms with Gasteiger partial charge in [-0.3, -0.25) is 9.59 Å². The van der Waals surface area contributed by atoms with Gasteiger partial charge in [-0.25, -0.2) is 0 Å². The highest BCUT2D eigenvalue weighted by molar-refractivity contribution is 5.79. The number of rotatable bonds is 5. The minimum atomic E-state index is -4.48. The number of hydrogen-bond acceptors (Lipinski definition) is 3. The lowest BCUT2D eigenvalue weighted by Gasteiger charge is -2.23. The average molecular weight is 331 g/mol. The Morgan fingerprint density at radius 2 is 2.09 bits per heavy atom. The van der Waals surface area contributed by atoms with E-state index >= 15 is 0 Å². The van der Waals surface area contributed by atoms with Crippen LogP contribution in [0, 0.1) is 0 Å². The van der Waals surface area contributed by atoms with Gasteiger partial charge >= 0.3 is 12.1 Å². The third-order valence-electron chi connectivity index (χ3n) is 3.63. The maximum Gasteiger partial charge on any atom is 0.416 e. The molecule has 126 valence electrons. The molecule has 1 heterocycles. The van der Waals surface area contributed by atoms with Gasteiger partial charge in [0.1, 0.15) is 5.75 Å². The van der Waals surface area contributed by atoms with Gasteiger partial charge in [-0.1, -0.05) is 6.07 Å². The molecule has 1 saturated heterocycles. The molecule has 1 aromatic carbocycles. The minimum absolute atomic E-state index is 0.0536. The van der Waals surface area contributed by atoms with Crippen molar-refractivity contribution in [1.82, 2.24) is 4.90 Å². The normalized spacial score (nSPS) is 18.0. The molecule has 1 N–H and O–H groups in total. The molecule has 1 amide bonds. The quantitative estimate of drug-likeness (QED) is 0.900. The number of aliphatic carboxylic acids is 1. The highest BCUT2D eigenvalue weighted by atomic mass is 19.4. The Morgan fingerprint density at radius 3 is 2.74 bits per heavy atom. The number of carbonyl (C=O) groups is 2. The number of nitrogens with zero attached hydrogens (tertiary/aromatic N) is 1. The van der Waals surface area contributed by atoms with Crippen molar-refractivity contribution < 1.29 is 32.6 Å². The first-order valence-corrected chi connectivity index (χ1v) is 7.08. The second-order valence-corrected chi connectivity index (χ2v) is 5.30. The van der Waals surface area contributed by atoms with Crippen LogP contribution in [0.4, 0.5) is 13.2 Å². The molecule has 1 atom stereocenters. The molecule has 0 bridgehead atoms. The van der Waals surface area contributed by atoms with Crippen LogP contribution in [0.2, 0.25) is 0 Å². The number of hydrogen-bond donors (Lipinski definition) is 1. The summed E-state index contributed by atoms with van der Waals surface area (Å²) < 4.78 is 42.9. The van der Waals surface area contributed by atoms with Crippen LogP contribution in [-0.2, 0) is 15.8 Å². The summed E-state index contributed by atoms with van der Waals surface area (Å²) in [5.74, 6) is -1.47. The van der Waals surface area contributed by atoms with E-state index in [0.717, 1.165) is 12.1 Å². The lowest BCUT2D eigenvalue weighted by Crippen LogP contribution is -2.39. The van der Waals surface area contributed by atoms with Gasteiger partial charge in [0, 0.05) is 12.6 Å². The molecule has 0 saturated carbocycles. The van der Waals surface area contributed by atoms with Gasteiger partial charge in [-0.05, 0) is 31.0 Å². The highest BCUT2D eigenvalue weighted by Gasteiger charge is 2.32. The fraction of sp³-hybridized carbons (Fsp3) is 0.467. The Bertz CT molecular complexity index is 588. The molecule has 8 heteroatoms. The number of ether oxygens (including phenoxy) is 1. The predicted octanol–water partition coefficient (Wildman–Crippen LogP) is 2.55. The van der Waals surface area contributed by atoms with E-state index < -0.39 is 30.2 Å². The molecule has 0 radical (unpaired) electrons. The van der Waals surface area contributed by atoms with E-state index in [2.05, 4.69) is 0 Å². The Hall–Kier alpha value is -2.25. The number of amides is 1. The van der Waals surface area contributed by atoms with Gasteiger partial charge in [0.2, 0.25) is 0 Å². The molecule has 1 fully saturated rings. The molecule has 1 unspecified atom stereocenters. The fourth-order valence-corrected chi connectivity index (χ4v) is 2.57. The summed E-state index contributed by atoms with van der Waals surface area (Å²) in [6, 6.07) is 3.89. The Morgan fingerprint density at radius 1 is 1.35 bits per heavy atom. The molecule has 0 aromatic heterocycles. The lowest BCUT2D eigenvalue weighted by atomic mass is 10.1. The van der Waals surface area contributed by atoms with Crippen LogP contribution in [0.5, 0.6) is 5.75 Å². The summed E-state index contributed by atoms with van der Waals surface area (Å²) in [5, 5.41) is 8.81. The lowest BCUT2D eigenvalue weighted by molar-refractivity contribution is -0.140. The van der Waals surface area contributed by atoms with Crippen LogP contribution in [0.25, 0.3) is 0 Å². The molecule has 1 aliphatic rings. The number of carboxylic acids is 1. The SMILES string of the molecule is O=C(O)CC1CCCN1C(=O)COc1cccc(C(F)(F)F)c1. The van der Waals surface area contributed by atoms with Crippen LogP contribution in [0.1, 0.15) is 24.8 Å². The van der Waals surface area contributed by atoms with Crippen molar-refractivity contribution in [3.63, 3.8) is 0 Å². The number of carbonyl (C=O) groups excluding carboxylic acids is 1. The second-order valence-electron chi connectivity index (χ2n) is 5.30. The first kappa shape index (κ1) is 17.1. The third kappa shape index (κ3) is 4.61. The number of alkyl halides is 3. The maximum absolute atomic E-state index is 12.6. The van der Waals surface area contributed by atoms with E-state index in [4.69, 9.17) is 9.84 Å². The predicted molar refractivity (Wildman–Crippen MR) is 73.9 cm³/mol. The van der Waals surface area contributed by atoms with Crippen molar-refractivity contribution in [2.75, 3.05) is 13.2 Å². The first-order chi connectivity index (χ1) is 10.8. The number of carboxylic acid groups (broad SMARTS) is 1. The van der Waals surface area contributed by atoms with E-state index in [9.17, 15) is 22.8 Å². The van der Waals surface area contributed by atoms with E-state index in [1.165, 1.54) is 17.0 Å². The Labute approximate surface area is 130 Å². The van der Waals surface area contributed by atoms with E-state index in [1.807, 2.05) is 0 Å². The fourth-order valence-electron chi connectivity index (χ4n) is 2.57. The van der Waals surface area contributed by atoms with E-state index in [-0.39, 0.29) is 18.2 Å². The molecular formula is C15H16F3NO4. The van der Waals surface area contributed by atoms with Crippen LogP contribution in [0.15, 0.2) is 24.3 Å². The van der Waals surface area contributed by atoms with Crippen LogP contribution < -0.4 is 4.74 Å². The zero-order chi connectivity index (χ0) is 17.0. The third-order valence-corrected chi connectivity index (χ3v) is 3.63. The van der Waals surface area contributed by atoms with Crippen molar-refractivity contribution in [2.45, 2.75) is 31.5 Å². The van der Waals surface area contributed by atoms with Crippen LogP contribution in [0.3, 0.4) is 0 Å². The van der Waals surface area contributed by atoms with Crippen molar-refractivity contribution in [3.05, 3.63) is 29.8 Å². The van der Waals surface area contributed by atoms with Gasteiger partial charge in [-0.15, -0.1) is 0 Å². The molecule has 5 nitrogen and oxygen atoms in total. The average Bonchev–Trinajstić information content (AvgIpc) is 2.91. The molecule has 0 spiro atoms. The maximum atomic E-state index is 12.6. The summed E-state index contributed by atoms with van der Waals surface area (Å²) in [7, 11) is 0. The zero-order valence-corrected chi connectivity index (χ0v) is 12.2. The minimum Gasteiger partial charge on any atom is -0.484 e. The summed E-state index contributed by atoms with van der Waals surface area (Å²) >= 11 is 0. The topological polar surface area (TPSA) is 66.8 Å². The highest BCUT2D eigenvalue weighted by Crippen LogP contribution is 2.31. The molecule has 2 rings (SSSR count). The van der Waals surface area contributed by atoms with Crippen LogP contribution in [-0.4, -0.2) is 41.1 Å². The largest absolute Gasteiger partial charge is 0.484 e. The van der Waals surface area contributed by atoms with Crippen molar-refractivity contribution in [2.24, 2.45) is 0 Å². The molecule has 1 aliphatic heterocycles. The van der Waals surface area contributed by atoms with E-state index in [1.54, 1.807) is 0 Å². The van der Waals surface area contributed by atoms with Crippen LogP contribution >= 0.6 is 0 Å². The Balaban J connectivity index is 1.95. The van der Waals surface area contributed by atoms with Gasteiger partial charge in [0.05, 0.1) is 12.0 Å². The summed E-state index contributed by atoms with van der Waals surface area (Å²) in [4.78, 5) is 24.3. The summed E-state index contributed by atoms with van der Waals surface area (Å²) in [6.45, 7) is 0.0140. The van der Waals surface area contributed by atoms with Crippen molar-refractivity contribution >= 4 is 11.9 Å². The van der Waals surface area contributed by atoms with Gasteiger partial charge < -0.3 is 14.7 Å². The molecule has 1 aromatic rings. The second kappa shape index (κ2) is 6.89. The van der Waals surface area contributed by atoms with Gasteiger partial charge in [0.15, 0.2) is 6.61 Å². The summed E-state index contributed by atoms with van der Waals surface area (Å²) in [5.41, 5.74) is -0.854. The van der Waals surface area contributed by atoms with Crippen molar-refractivity contribution in [1.29, 1.82) is 0 Å². The standard InChI is InChI=1S/C15H16F3NO4/c16-15(17,18)10-3-1-5-12(7-10)23-9-13(20)19-6-2-4-11(19)8-14(21)22/h1,3,5,7,11H,2,4,6,8-9H2,(H,21,22). The number of likely N-dealkylation sites (tertiary alicyclic amines) is 1. The smallest absolute Gasteiger partial charge is 0.416 e. The van der Waals surface area contributed by atoms with Gasteiger partial charge in [-0.2, -0.15) is 13.2 Å². The first-order valence-electron chi connectivity index (χ1n) is 7.08. The van der Waals surface area contributed by atoms with Crippen molar-refractivity contribution in [3.8, 4) is 5.75 Å². The molecule has 0 aliphatic carbocycles. The summed E-state index contributed by atoms with van der Waals surface area (Å²) in [6.07, 6.45) is -3.32. The molecular weight excluding hydrogens is 315 g/mol. The zero-order valence-electron chi connectivity index (χ0n) is 12.2. The number of halogens is 3. The van der Waals surface area contributed by atoms with Gasteiger partial charge in [0.25, 0.3) is 5.91 Å². The van der Waals surface area contributed by atoms with E-state index in [0.29, 0.717) is 19.4 Å². The number of benzene rings is 1. The Kier molecular flexibility index (Phi) is 5.12. The molecule has 23 heavy (non-hydrogen) atoms. The monoisotopic (exact) mass is 331 g/mol.